The Morgan fingerprint density at radius 2 is 1.73 bits per heavy atom. The number of rotatable bonds is 7. The summed E-state index contributed by atoms with van der Waals surface area (Å²) in [6.45, 7) is 15.5. The Morgan fingerprint density at radius 1 is 1.20 bits per heavy atom. The molecule has 1 unspecified atom stereocenters. The summed E-state index contributed by atoms with van der Waals surface area (Å²) in [5.41, 5.74) is 6.14. The Bertz CT molecular complexity index is 166. The summed E-state index contributed by atoms with van der Waals surface area (Å²) < 4.78 is 0. The molecule has 0 fully saturated rings. The van der Waals surface area contributed by atoms with E-state index in [1.807, 2.05) is 0 Å². The lowest BCUT2D eigenvalue weighted by molar-refractivity contribution is 0.0554. The van der Waals surface area contributed by atoms with Crippen molar-refractivity contribution >= 4 is 0 Å². The molecule has 0 aromatic rings. The maximum absolute atomic E-state index is 5.97. The summed E-state index contributed by atoms with van der Waals surface area (Å²) in [5, 5.41) is 0. The molecule has 2 heteroatoms. The zero-order chi connectivity index (χ0) is 12.1. The summed E-state index contributed by atoms with van der Waals surface area (Å²) >= 11 is 0. The van der Waals surface area contributed by atoms with E-state index in [1.165, 1.54) is 12.8 Å². The molecule has 0 aliphatic carbocycles. The monoisotopic (exact) mass is 214 g/mol. The van der Waals surface area contributed by atoms with Gasteiger partial charge in [-0.1, -0.05) is 27.2 Å². The van der Waals surface area contributed by atoms with Gasteiger partial charge in [-0.05, 0) is 33.1 Å². The van der Waals surface area contributed by atoms with Gasteiger partial charge in [0, 0.05) is 24.7 Å². The number of hydrogen-bond donors (Lipinski definition) is 1. The van der Waals surface area contributed by atoms with Gasteiger partial charge >= 0.3 is 0 Å². The van der Waals surface area contributed by atoms with Gasteiger partial charge in [0.1, 0.15) is 0 Å². The minimum absolute atomic E-state index is 0.174. The second-order valence-corrected chi connectivity index (χ2v) is 5.59. The summed E-state index contributed by atoms with van der Waals surface area (Å²) in [4.78, 5) is 2.57. The smallest absolute Gasteiger partial charge is 0.0306 e. The van der Waals surface area contributed by atoms with E-state index in [1.54, 1.807) is 0 Å². The number of nitrogens with two attached hydrogens (primary N) is 1. The Morgan fingerprint density at radius 3 is 2.00 bits per heavy atom. The maximum atomic E-state index is 5.97. The molecule has 0 heterocycles. The molecule has 0 aromatic heterocycles. The van der Waals surface area contributed by atoms with Crippen molar-refractivity contribution in [2.24, 2.45) is 11.7 Å². The average Bonchev–Trinajstić information content (AvgIpc) is 2.13. The van der Waals surface area contributed by atoms with Crippen LogP contribution in [0.15, 0.2) is 0 Å². The van der Waals surface area contributed by atoms with Gasteiger partial charge in [0.25, 0.3) is 0 Å². The summed E-state index contributed by atoms with van der Waals surface area (Å²) in [5.74, 6) is 0.704. The van der Waals surface area contributed by atoms with Gasteiger partial charge in [-0.2, -0.15) is 0 Å². The predicted molar refractivity (Wildman–Crippen MR) is 69.0 cm³/mol. The molecule has 0 radical (unpaired) electrons. The molecule has 1 atom stereocenters. The van der Waals surface area contributed by atoms with Crippen LogP contribution in [0.1, 0.15) is 54.4 Å². The van der Waals surface area contributed by atoms with Gasteiger partial charge in [0.2, 0.25) is 0 Å². The van der Waals surface area contributed by atoms with Crippen molar-refractivity contribution in [1.29, 1.82) is 0 Å². The van der Waals surface area contributed by atoms with Crippen molar-refractivity contribution < 1.29 is 0 Å². The van der Waals surface area contributed by atoms with Crippen molar-refractivity contribution in [3.63, 3.8) is 0 Å². The van der Waals surface area contributed by atoms with Crippen LogP contribution in [-0.4, -0.2) is 29.6 Å². The highest BCUT2D eigenvalue weighted by molar-refractivity contribution is 4.89. The van der Waals surface area contributed by atoms with Crippen LogP contribution in [-0.2, 0) is 0 Å². The quantitative estimate of drug-likeness (QED) is 0.706. The summed E-state index contributed by atoms with van der Waals surface area (Å²) in [6.07, 6.45) is 2.39. The van der Waals surface area contributed by atoms with Crippen LogP contribution in [0, 0.1) is 5.92 Å². The van der Waals surface area contributed by atoms with Crippen LogP contribution in [0.5, 0.6) is 0 Å². The molecule has 0 saturated heterocycles. The Kier molecular flexibility index (Phi) is 6.46. The highest BCUT2D eigenvalue weighted by atomic mass is 15.2. The van der Waals surface area contributed by atoms with Gasteiger partial charge in [-0.25, -0.2) is 0 Å². The first-order valence-electron chi connectivity index (χ1n) is 6.34. The Hall–Kier alpha value is -0.0800. The molecule has 15 heavy (non-hydrogen) atoms. The molecular weight excluding hydrogens is 184 g/mol. The first-order valence-corrected chi connectivity index (χ1v) is 6.34. The second kappa shape index (κ2) is 6.49. The van der Waals surface area contributed by atoms with Gasteiger partial charge in [0.05, 0.1) is 0 Å². The van der Waals surface area contributed by atoms with Crippen molar-refractivity contribution in [2.75, 3.05) is 13.1 Å². The first kappa shape index (κ1) is 14.9. The molecule has 0 bridgehead atoms. The van der Waals surface area contributed by atoms with Crippen LogP contribution < -0.4 is 5.73 Å². The van der Waals surface area contributed by atoms with Crippen LogP contribution >= 0.6 is 0 Å². The SMILES string of the molecule is CCCC(C)(CN)N(CC(C)C)C(C)C. The van der Waals surface area contributed by atoms with Gasteiger partial charge in [-0.3, -0.25) is 4.90 Å². The lowest BCUT2D eigenvalue weighted by atomic mass is 9.91. The van der Waals surface area contributed by atoms with Crippen LogP contribution in [0.4, 0.5) is 0 Å². The minimum atomic E-state index is 0.174. The third-order valence-corrected chi connectivity index (χ3v) is 3.11. The minimum Gasteiger partial charge on any atom is -0.329 e. The third kappa shape index (κ3) is 4.52. The highest BCUT2D eigenvalue weighted by Crippen LogP contribution is 2.24. The van der Waals surface area contributed by atoms with Crippen LogP contribution in [0.3, 0.4) is 0 Å². The lowest BCUT2D eigenvalue weighted by Crippen LogP contribution is -2.55. The molecule has 0 aliphatic heterocycles. The zero-order valence-corrected chi connectivity index (χ0v) is 11.5. The highest BCUT2D eigenvalue weighted by Gasteiger charge is 2.31. The van der Waals surface area contributed by atoms with Crippen molar-refractivity contribution in [3.8, 4) is 0 Å². The van der Waals surface area contributed by atoms with Crippen LogP contribution in [0.2, 0.25) is 0 Å². The number of hydrogen-bond acceptors (Lipinski definition) is 2. The first-order chi connectivity index (χ1) is 6.87. The molecule has 0 aliphatic rings. The van der Waals surface area contributed by atoms with E-state index in [9.17, 15) is 0 Å². The zero-order valence-electron chi connectivity index (χ0n) is 11.5. The topological polar surface area (TPSA) is 29.3 Å². The molecule has 0 amide bonds. The third-order valence-electron chi connectivity index (χ3n) is 3.11. The van der Waals surface area contributed by atoms with Crippen molar-refractivity contribution in [2.45, 2.75) is 66.0 Å². The molecule has 0 aromatic carbocycles. The second-order valence-electron chi connectivity index (χ2n) is 5.59. The van der Waals surface area contributed by atoms with Gasteiger partial charge in [-0.15, -0.1) is 0 Å². The van der Waals surface area contributed by atoms with Gasteiger partial charge < -0.3 is 5.73 Å². The average molecular weight is 214 g/mol. The fourth-order valence-corrected chi connectivity index (χ4v) is 2.35. The Labute approximate surface area is 96.2 Å². The van der Waals surface area contributed by atoms with E-state index >= 15 is 0 Å². The molecule has 2 nitrogen and oxygen atoms in total. The molecule has 0 rings (SSSR count). The fourth-order valence-electron chi connectivity index (χ4n) is 2.35. The van der Waals surface area contributed by atoms with Crippen LogP contribution in [0.25, 0.3) is 0 Å². The fraction of sp³-hybridized carbons (Fsp3) is 1.00. The van der Waals surface area contributed by atoms with E-state index in [-0.39, 0.29) is 5.54 Å². The van der Waals surface area contributed by atoms with E-state index in [4.69, 9.17) is 5.73 Å². The molecule has 92 valence electrons. The molecule has 0 saturated carbocycles. The normalized spacial score (nSPS) is 16.4. The van der Waals surface area contributed by atoms with Crippen molar-refractivity contribution in [3.05, 3.63) is 0 Å². The predicted octanol–water partition coefficient (Wildman–Crippen LogP) is 2.87. The van der Waals surface area contributed by atoms with E-state index in [2.05, 4.69) is 46.4 Å². The van der Waals surface area contributed by atoms with Gasteiger partial charge in [0.15, 0.2) is 0 Å². The summed E-state index contributed by atoms with van der Waals surface area (Å²) in [7, 11) is 0. The molecule has 0 spiro atoms. The Balaban J connectivity index is 4.68. The van der Waals surface area contributed by atoms with E-state index in [0.717, 1.165) is 13.1 Å². The molecular formula is C13H30N2. The summed E-state index contributed by atoms with van der Waals surface area (Å²) in [6, 6.07) is 0.576. The van der Waals surface area contributed by atoms with E-state index < -0.39 is 0 Å². The largest absolute Gasteiger partial charge is 0.329 e. The number of nitrogens with zero attached hydrogens (tertiary/aromatic N) is 1. The van der Waals surface area contributed by atoms with E-state index in [0.29, 0.717) is 12.0 Å². The molecule has 2 N–H and O–H groups in total. The van der Waals surface area contributed by atoms with Crippen molar-refractivity contribution in [1.82, 2.24) is 4.90 Å². The standard InChI is InChI=1S/C13H30N2/c1-7-8-13(6,10-14)15(12(4)5)9-11(2)3/h11-12H,7-10,14H2,1-6H3. The lowest BCUT2D eigenvalue weighted by Gasteiger charge is -2.44. The maximum Gasteiger partial charge on any atom is 0.0306 e.